The molecule has 10 atom stereocenters. The number of aliphatic hydroxyl groups excluding tert-OH is 2. The highest BCUT2D eigenvalue weighted by Crippen LogP contribution is 2.65. The summed E-state index contributed by atoms with van der Waals surface area (Å²) in [6.07, 6.45) is 6.70. The van der Waals surface area contributed by atoms with Crippen LogP contribution < -0.4 is 9.47 Å². The maximum Gasteiger partial charge on any atom is 0.394 e. The van der Waals surface area contributed by atoms with Crippen molar-refractivity contribution < 1.29 is 47.4 Å². The normalized spacial score (nSPS) is 40.0. The maximum absolute atomic E-state index is 10.5. The van der Waals surface area contributed by atoms with E-state index in [1.54, 1.807) is 12.1 Å². The van der Waals surface area contributed by atoms with Gasteiger partial charge in [0.2, 0.25) is 0 Å². The van der Waals surface area contributed by atoms with Gasteiger partial charge in [-0.1, -0.05) is 12.1 Å². The van der Waals surface area contributed by atoms with Crippen LogP contribution in [-0.2, 0) is 34.1 Å². The van der Waals surface area contributed by atoms with Gasteiger partial charge in [-0.15, -0.1) is 0 Å². The fourth-order valence-electron chi connectivity index (χ4n) is 11.4. The quantitative estimate of drug-likeness (QED) is 0.225. The van der Waals surface area contributed by atoms with E-state index in [-0.39, 0.29) is 34.5 Å². The highest BCUT2D eigenvalue weighted by molar-refractivity contribution is 7.79. The van der Waals surface area contributed by atoms with Gasteiger partial charge in [-0.25, -0.2) is 0 Å². The Bertz CT molecular complexity index is 1600. The van der Waals surface area contributed by atoms with E-state index in [1.807, 2.05) is 0 Å². The fraction of sp³-hybridized carbons (Fsp3) is 0.647. The monoisotopic (exact) mass is 672 g/mol. The molecule has 4 bridgehead atoms. The SMILES string of the molecule is CN1CCC23c4c5ccc(O)c4OC2C(O)CCC3C1C5.CN1CCC23c4c5ccc(O)c4OC2C(O)CCC3C1C5.O=S(=O)(O)O. The van der Waals surface area contributed by atoms with Gasteiger partial charge in [-0.3, -0.25) is 9.11 Å². The number of aliphatic hydroxyl groups is 2. The number of ether oxygens (including phenoxy) is 2. The van der Waals surface area contributed by atoms with Crippen LogP contribution >= 0.6 is 0 Å². The highest BCUT2D eigenvalue weighted by Gasteiger charge is 2.66. The Labute approximate surface area is 274 Å². The summed E-state index contributed by atoms with van der Waals surface area (Å²) in [5, 5.41) is 41.5. The topological polar surface area (TPSA) is 180 Å². The van der Waals surface area contributed by atoms with E-state index < -0.39 is 22.6 Å². The van der Waals surface area contributed by atoms with Crippen LogP contribution in [0.15, 0.2) is 24.3 Å². The smallest absolute Gasteiger partial charge is 0.394 e. The van der Waals surface area contributed by atoms with E-state index in [4.69, 9.17) is 27.0 Å². The average molecular weight is 673 g/mol. The van der Waals surface area contributed by atoms with E-state index in [1.165, 1.54) is 22.3 Å². The Morgan fingerprint density at radius 3 is 1.47 bits per heavy atom. The number of phenolic OH excluding ortho intramolecular Hbond substituents is 2. The van der Waals surface area contributed by atoms with Crippen molar-refractivity contribution in [3.8, 4) is 23.0 Å². The summed E-state index contributed by atoms with van der Waals surface area (Å²) in [6.45, 7) is 2.09. The van der Waals surface area contributed by atoms with Gasteiger partial charge in [0, 0.05) is 34.0 Å². The predicted molar refractivity (Wildman–Crippen MR) is 170 cm³/mol. The van der Waals surface area contributed by atoms with Crippen LogP contribution in [-0.4, -0.2) is 111 Å². The number of likely N-dealkylation sites (tertiary alicyclic amines) is 2. The van der Waals surface area contributed by atoms with Crippen molar-refractivity contribution in [3.63, 3.8) is 0 Å². The number of likely N-dealkylation sites (N-methyl/N-ethyl adjacent to an activating group) is 2. The summed E-state index contributed by atoms with van der Waals surface area (Å²) in [4.78, 5) is 4.97. The van der Waals surface area contributed by atoms with Crippen molar-refractivity contribution in [2.24, 2.45) is 11.8 Å². The molecular formula is C34H44N2O10S. The fourth-order valence-corrected chi connectivity index (χ4v) is 11.4. The van der Waals surface area contributed by atoms with Crippen LogP contribution in [0.3, 0.4) is 0 Å². The summed E-state index contributed by atoms with van der Waals surface area (Å²) in [5.41, 5.74) is 4.92. The zero-order chi connectivity index (χ0) is 33.2. The molecule has 2 aromatic rings. The van der Waals surface area contributed by atoms with Crippen molar-refractivity contribution in [2.75, 3.05) is 27.2 Å². The maximum atomic E-state index is 10.5. The third-order valence-corrected chi connectivity index (χ3v) is 13.1. The first-order valence-corrected chi connectivity index (χ1v) is 18.2. The first-order valence-electron chi connectivity index (χ1n) is 16.8. The molecule has 10 rings (SSSR count). The summed E-state index contributed by atoms with van der Waals surface area (Å²) in [5.74, 6) is 2.88. The second-order valence-corrected chi connectivity index (χ2v) is 15.9. The number of piperidine rings is 2. The Kier molecular flexibility index (Phi) is 7.18. The lowest BCUT2D eigenvalue weighted by atomic mass is 9.51. The number of hydrogen-bond donors (Lipinski definition) is 6. The number of nitrogens with zero attached hydrogens (tertiary/aromatic N) is 2. The first-order chi connectivity index (χ1) is 22.3. The van der Waals surface area contributed by atoms with Crippen LogP contribution in [0.1, 0.15) is 60.8 Å². The van der Waals surface area contributed by atoms with Crippen LogP contribution in [0, 0.1) is 11.8 Å². The van der Waals surface area contributed by atoms with Gasteiger partial charge in [0.15, 0.2) is 23.0 Å². The largest absolute Gasteiger partial charge is 0.504 e. The van der Waals surface area contributed by atoms with Crippen molar-refractivity contribution in [1.29, 1.82) is 0 Å². The van der Waals surface area contributed by atoms with E-state index in [9.17, 15) is 20.4 Å². The van der Waals surface area contributed by atoms with E-state index in [0.717, 1.165) is 64.5 Å². The molecule has 4 heterocycles. The molecule has 2 saturated carbocycles. The average Bonchev–Trinajstić information content (AvgIpc) is 3.56. The predicted octanol–water partition coefficient (Wildman–Crippen LogP) is 2.19. The molecule has 8 aliphatic rings. The lowest BCUT2D eigenvalue weighted by Gasteiger charge is -2.58. The molecule has 0 amide bonds. The second kappa shape index (κ2) is 10.7. The molecule has 4 fully saturated rings. The van der Waals surface area contributed by atoms with Crippen molar-refractivity contribution >= 4 is 10.4 Å². The van der Waals surface area contributed by atoms with Gasteiger partial charge in [0.1, 0.15) is 12.2 Å². The summed E-state index contributed by atoms with van der Waals surface area (Å²) >= 11 is 0. The summed E-state index contributed by atoms with van der Waals surface area (Å²) < 4.78 is 43.9. The molecule has 47 heavy (non-hydrogen) atoms. The van der Waals surface area contributed by atoms with Gasteiger partial charge < -0.3 is 39.7 Å². The third-order valence-electron chi connectivity index (χ3n) is 13.1. The minimum absolute atomic E-state index is 0.0729. The summed E-state index contributed by atoms with van der Waals surface area (Å²) in [7, 11) is -0.223. The molecule has 2 saturated heterocycles. The third kappa shape index (κ3) is 4.43. The van der Waals surface area contributed by atoms with Crippen molar-refractivity contribution in [3.05, 3.63) is 46.5 Å². The number of hydrogen-bond acceptors (Lipinski definition) is 10. The lowest BCUT2D eigenvalue weighted by molar-refractivity contribution is -0.0994. The second-order valence-electron chi connectivity index (χ2n) is 15.0. The molecule has 256 valence electrons. The molecular weight excluding hydrogens is 628 g/mol. The molecule has 0 radical (unpaired) electrons. The van der Waals surface area contributed by atoms with E-state index >= 15 is 0 Å². The lowest BCUT2D eigenvalue weighted by Crippen LogP contribution is -2.66. The minimum atomic E-state index is -4.67. The van der Waals surface area contributed by atoms with Gasteiger partial charge in [-0.2, -0.15) is 8.42 Å². The Hall–Kier alpha value is -2.65. The van der Waals surface area contributed by atoms with Gasteiger partial charge in [0.05, 0.1) is 12.2 Å². The van der Waals surface area contributed by atoms with Crippen LogP contribution in [0.25, 0.3) is 0 Å². The van der Waals surface area contributed by atoms with Gasteiger partial charge in [0.25, 0.3) is 0 Å². The van der Waals surface area contributed by atoms with E-state index in [0.29, 0.717) is 35.4 Å². The van der Waals surface area contributed by atoms with Crippen LogP contribution in [0.5, 0.6) is 23.0 Å². The molecule has 0 aromatic heterocycles. The molecule has 4 aliphatic heterocycles. The van der Waals surface area contributed by atoms with Crippen molar-refractivity contribution in [1.82, 2.24) is 9.80 Å². The molecule has 13 heteroatoms. The molecule has 12 nitrogen and oxygen atoms in total. The van der Waals surface area contributed by atoms with E-state index in [2.05, 4.69) is 36.0 Å². The number of benzene rings is 2. The van der Waals surface area contributed by atoms with Crippen LogP contribution in [0.2, 0.25) is 0 Å². The number of phenols is 2. The standard InChI is InChI=1S/2C17H21NO3.H2O4S/c2*1-18-7-6-17-10-3-5-13(20)16(17)21-15-12(19)4-2-9(14(15)17)8-11(10)18;1-5(2,3)4/h2*2,4,10-11,13,16,19-20H,3,5-8H2,1H3;(H2,1,2,3,4). The zero-order valence-corrected chi connectivity index (χ0v) is 27.4. The Balaban J connectivity index is 0.000000121. The number of rotatable bonds is 0. The minimum Gasteiger partial charge on any atom is -0.504 e. The van der Waals surface area contributed by atoms with Crippen molar-refractivity contribution in [2.45, 2.75) is 98.7 Å². The Morgan fingerprint density at radius 2 is 1.09 bits per heavy atom. The summed E-state index contributed by atoms with van der Waals surface area (Å²) in [6, 6.07) is 8.71. The van der Waals surface area contributed by atoms with Crippen LogP contribution in [0.4, 0.5) is 0 Å². The molecule has 10 unspecified atom stereocenters. The van der Waals surface area contributed by atoms with Gasteiger partial charge >= 0.3 is 10.4 Å². The Morgan fingerprint density at radius 1 is 0.702 bits per heavy atom. The van der Waals surface area contributed by atoms with Gasteiger partial charge in [-0.05, 0) is 114 Å². The first kappa shape index (κ1) is 31.6. The molecule has 4 aliphatic carbocycles. The highest BCUT2D eigenvalue weighted by atomic mass is 32.3. The number of aromatic hydroxyl groups is 2. The zero-order valence-electron chi connectivity index (χ0n) is 26.6. The molecule has 6 N–H and O–H groups in total. The molecule has 2 aromatic carbocycles. The molecule has 2 spiro atoms.